The summed E-state index contributed by atoms with van der Waals surface area (Å²) in [4.78, 5) is 25.3. The molecule has 0 spiro atoms. The molecule has 6 saturated carbocycles. The fourth-order valence-corrected chi connectivity index (χ4v) is 15.2. The van der Waals surface area contributed by atoms with Crippen molar-refractivity contribution < 1.29 is 19.4 Å². The van der Waals surface area contributed by atoms with Gasteiger partial charge >= 0.3 is 0 Å². The highest BCUT2D eigenvalue weighted by molar-refractivity contribution is 5.80. The number of allylic oxidation sites excluding steroid dienone is 2. The van der Waals surface area contributed by atoms with E-state index in [4.69, 9.17) is 4.74 Å². The summed E-state index contributed by atoms with van der Waals surface area (Å²) >= 11 is 0. The van der Waals surface area contributed by atoms with Crippen LogP contribution in [0.1, 0.15) is 138 Å². The lowest BCUT2D eigenvalue weighted by Gasteiger charge is -2.61. The molecule has 0 radical (unpaired) electrons. The second-order valence-corrected chi connectivity index (χ2v) is 19.0. The Morgan fingerprint density at radius 3 is 1.87 bits per heavy atom. The predicted molar refractivity (Wildman–Crippen MR) is 182 cm³/mol. The maximum absolute atomic E-state index is 12.7. The Kier molecular flexibility index (Phi) is 7.55. The normalized spacial score (nSPS) is 54.2. The lowest BCUT2D eigenvalue weighted by atomic mass is 9.46. The van der Waals surface area contributed by atoms with Crippen molar-refractivity contribution in [2.75, 3.05) is 0 Å². The lowest BCUT2D eigenvalue weighted by molar-refractivity contribution is -0.158. The number of Topliss-reactive ketones (excluding diaryl/α,β-unsaturated/α-hetero) is 2. The fourth-order valence-electron chi connectivity index (χ4n) is 15.2. The first-order valence-corrected chi connectivity index (χ1v) is 19.5. The molecule has 0 aromatic rings. The topological polar surface area (TPSA) is 63.6 Å². The van der Waals surface area contributed by atoms with E-state index in [2.05, 4.69) is 39.8 Å². The Morgan fingerprint density at radius 2 is 1.26 bits per heavy atom. The average Bonchev–Trinajstić information content (AvgIpc) is 3.55. The summed E-state index contributed by atoms with van der Waals surface area (Å²) in [6.45, 7) is 13.7. The molecule has 0 aromatic heterocycles. The molecule has 46 heavy (non-hydrogen) atoms. The van der Waals surface area contributed by atoms with Crippen LogP contribution in [0.3, 0.4) is 0 Å². The smallest absolute Gasteiger partial charge is 0.133 e. The zero-order valence-electron chi connectivity index (χ0n) is 29.8. The Balaban J connectivity index is 1.02. The standard InChI is InChI=1S/C42H62O4/c1-24(43)32-11-13-34-30-9-7-26-22-29(15-18-39(26,3)36(30)16-19-40(32,34)4)46-38-23-28(45)21-27-8-10-31-35-14-12-33(25(2)44)41(35,5)20-17-37(31)42(27,38)6/h7-8,28-38,45H,9-23H2,1-6H3. The molecule has 254 valence electrons. The van der Waals surface area contributed by atoms with Gasteiger partial charge in [0.25, 0.3) is 0 Å². The molecule has 8 aliphatic carbocycles. The van der Waals surface area contributed by atoms with Gasteiger partial charge in [0, 0.05) is 23.7 Å². The van der Waals surface area contributed by atoms with Crippen LogP contribution in [0.5, 0.6) is 0 Å². The molecule has 8 rings (SSSR count). The van der Waals surface area contributed by atoms with Gasteiger partial charge in [0.05, 0.1) is 18.3 Å². The molecule has 15 unspecified atom stereocenters. The number of hydrogen-bond acceptors (Lipinski definition) is 4. The second-order valence-electron chi connectivity index (χ2n) is 19.0. The molecule has 0 aliphatic heterocycles. The summed E-state index contributed by atoms with van der Waals surface area (Å²) in [5, 5.41) is 11.2. The van der Waals surface area contributed by atoms with E-state index in [9.17, 15) is 14.7 Å². The number of carbonyl (C=O) groups excluding carboxylic acids is 2. The van der Waals surface area contributed by atoms with Gasteiger partial charge in [0.2, 0.25) is 0 Å². The van der Waals surface area contributed by atoms with Crippen molar-refractivity contribution in [1.82, 2.24) is 0 Å². The molecule has 1 N–H and O–H groups in total. The first kappa shape index (κ1) is 32.0. The van der Waals surface area contributed by atoms with Crippen molar-refractivity contribution >= 4 is 11.6 Å². The van der Waals surface area contributed by atoms with Crippen LogP contribution in [0.4, 0.5) is 0 Å². The van der Waals surface area contributed by atoms with E-state index in [1.54, 1.807) is 5.57 Å². The van der Waals surface area contributed by atoms with Gasteiger partial charge < -0.3 is 9.84 Å². The van der Waals surface area contributed by atoms with Crippen LogP contribution in [-0.2, 0) is 14.3 Å². The van der Waals surface area contributed by atoms with Gasteiger partial charge in [-0.1, -0.05) is 51.0 Å². The summed E-state index contributed by atoms with van der Waals surface area (Å²) in [7, 11) is 0. The molecule has 15 atom stereocenters. The summed E-state index contributed by atoms with van der Waals surface area (Å²) in [6.07, 6.45) is 21.8. The summed E-state index contributed by atoms with van der Waals surface area (Å²) < 4.78 is 7.34. The Labute approximate surface area is 279 Å². The Morgan fingerprint density at radius 1 is 0.696 bits per heavy atom. The van der Waals surface area contributed by atoms with Crippen molar-refractivity contribution in [2.24, 2.45) is 69.0 Å². The van der Waals surface area contributed by atoms with Gasteiger partial charge in [-0.3, -0.25) is 9.59 Å². The van der Waals surface area contributed by atoms with Crippen LogP contribution in [0.15, 0.2) is 23.3 Å². The molecule has 4 heteroatoms. The van der Waals surface area contributed by atoms with E-state index in [0.29, 0.717) is 35.2 Å². The van der Waals surface area contributed by atoms with Gasteiger partial charge in [-0.05, 0) is 155 Å². The third kappa shape index (κ3) is 4.36. The van der Waals surface area contributed by atoms with E-state index in [1.807, 2.05) is 13.8 Å². The number of aliphatic hydroxyl groups is 1. The summed E-state index contributed by atoms with van der Waals surface area (Å²) in [5.41, 5.74) is 3.72. The van der Waals surface area contributed by atoms with Crippen molar-refractivity contribution in [3.05, 3.63) is 23.3 Å². The van der Waals surface area contributed by atoms with Crippen LogP contribution >= 0.6 is 0 Å². The second kappa shape index (κ2) is 10.9. The highest BCUT2D eigenvalue weighted by Crippen LogP contribution is 2.68. The number of carbonyl (C=O) groups is 2. The first-order chi connectivity index (χ1) is 21.8. The van der Waals surface area contributed by atoms with Crippen LogP contribution in [0.25, 0.3) is 0 Å². The quantitative estimate of drug-likeness (QED) is 0.315. The monoisotopic (exact) mass is 630 g/mol. The molecule has 8 aliphatic rings. The molecule has 6 fully saturated rings. The summed E-state index contributed by atoms with van der Waals surface area (Å²) in [6, 6.07) is 0. The molecule has 0 saturated heterocycles. The van der Waals surface area contributed by atoms with Crippen molar-refractivity contribution in [3.8, 4) is 0 Å². The van der Waals surface area contributed by atoms with Gasteiger partial charge in [-0.15, -0.1) is 0 Å². The number of fused-ring (bicyclic) bond motifs is 10. The molecule has 0 heterocycles. The SMILES string of the molecule is CC(=O)C1CCC2C3CC=C4CC(OC5CC(O)CC6=CCC7C8CCC(C(C)=O)C8(C)CCC7C65C)CCC4(C)C3CCC12C. The van der Waals surface area contributed by atoms with E-state index in [0.717, 1.165) is 63.2 Å². The minimum atomic E-state index is -0.311. The molecule has 0 aromatic carbocycles. The van der Waals surface area contributed by atoms with E-state index in [1.165, 1.54) is 50.5 Å². The minimum absolute atomic E-state index is 0.0197. The van der Waals surface area contributed by atoms with Crippen molar-refractivity contribution in [2.45, 2.75) is 156 Å². The highest BCUT2D eigenvalue weighted by Gasteiger charge is 2.63. The van der Waals surface area contributed by atoms with Crippen LogP contribution in [0, 0.1) is 69.0 Å². The molecule has 0 amide bonds. The zero-order valence-corrected chi connectivity index (χ0v) is 29.8. The van der Waals surface area contributed by atoms with E-state index < -0.39 is 0 Å². The zero-order chi connectivity index (χ0) is 32.4. The van der Waals surface area contributed by atoms with Crippen molar-refractivity contribution in [1.29, 1.82) is 0 Å². The molecular weight excluding hydrogens is 568 g/mol. The van der Waals surface area contributed by atoms with E-state index in [-0.39, 0.29) is 51.8 Å². The van der Waals surface area contributed by atoms with Crippen molar-refractivity contribution in [3.63, 3.8) is 0 Å². The summed E-state index contributed by atoms with van der Waals surface area (Å²) in [5.74, 6) is 5.33. The number of aliphatic hydroxyl groups excluding tert-OH is 1. The Bertz CT molecular complexity index is 1340. The average molecular weight is 631 g/mol. The highest BCUT2D eigenvalue weighted by atomic mass is 16.5. The number of hydrogen-bond donors (Lipinski definition) is 1. The van der Waals surface area contributed by atoms with Gasteiger partial charge in [-0.2, -0.15) is 0 Å². The van der Waals surface area contributed by atoms with Crippen LogP contribution in [-0.4, -0.2) is 35.0 Å². The van der Waals surface area contributed by atoms with Crippen LogP contribution < -0.4 is 0 Å². The lowest BCUT2D eigenvalue weighted by Crippen LogP contribution is -2.57. The third-order valence-electron chi connectivity index (χ3n) is 17.5. The Hall–Kier alpha value is -1.26. The minimum Gasteiger partial charge on any atom is -0.393 e. The van der Waals surface area contributed by atoms with Crippen LogP contribution in [0.2, 0.25) is 0 Å². The number of ketones is 2. The van der Waals surface area contributed by atoms with E-state index >= 15 is 0 Å². The first-order valence-electron chi connectivity index (χ1n) is 19.5. The molecule has 4 nitrogen and oxygen atoms in total. The molecule has 0 bridgehead atoms. The number of ether oxygens (including phenoxy) is 1. The molecular formula is C42H62O4. The maximum atomic E-state index is 12.7. The third-order valence-corrected chi connectivity index (χ3v) is 17.5. The fraction of sp³-hybridized carbons (Fsp3) is 0.857. The predicted octanol–water partition coefficient (Wildman–Crippen LogP) is 9.05. The largest absolute Gasteiger partial charge is 0.393 e. The van der Waals surface area contributed by atoms with Gasteiger partial charge in [-0.25, -0.2) is 0 Å². The maximum Gasteiger partial charge on any atom is 0.133 e. The van der Waals surface area contributed by atoms with Gasteiger partial charge in [0.1, 0.15) is 11.6 Å². The number of rotatable bonds is 4. The van der Waals surface area contributed by atoms with Gasteiger partial charge in [0.15, 0.2) is 0 Å².